The molecule has 1 rings (SSSR count). The van der Waals surface area contributed by atoms with E-state index in [1.807, 2.05) is 0 Å². The number of carbonyl (C=O) groups is 1. The predicted octanol–water partition coefficient (Wildman–Crippen LogP) is 1.01. The largest absolute Gasteiger partial charge is 0.474 e. The Hall–Kier alpha value is -1.39. The number of rotatable bonds is 1. The molecule has 0 unspecified atom stereocenters. The Morgan fingerprint density at radius 3 is 2.64 bits per heavy atom. The standard InChI is InChI=1S/C9H17N3O2/c1-9(2,3)7-5-12(6-14-7)11-8(13)10-4/h5H,6H2,1-4H3,(H2,10,11,13). The third-order valence-corrected chi connectivity index (χ3v) is 1.84. The summed E-state index contributed by atoms with van der Waals surface area (Å²) in [6.45, 7) is 6.53. The van der Waals surface area contributed by atoms with Gasteiger partial charge in [-0.15, -0.1) is 0 Å². The number of hydrogen-bond donors (Lipinski definition) is 2. The molecule has 1 aliphatic rings. The Morgan fingerprint density at radius 2 is 2.21 bits per heavy atom. The zero-order valence-corrected chi connectivity index (χ0v) is 9.05. The van der Waals surface area contributed by atoms with Gasteiger partial charge in [0, 0.05) is 12.5 Å². The van der Waals surface area contributed by atoms with Crippen LogP contribution in [0, 0.1) is 5.41 Å². The summed E-state index contributed by atoms with van der Waals surface area (Å²) in [7, 11) is 1.57. The summed E-state index contributed by atoms with van der Waals surface area (Å²) in [4.78, 5) is 11.0. The van der Waals surface area contributed by atoms with E-state index in [4.69, 9.17) is 4.74 Å². The number of hydrogen-bond acceptors (Lipinski definition) is 3. The van der Waals surface area contributed by atoms with Gasteiger partial charge in [-0.25, -0.2) is 10.2 Å². The second-order valence-corrected chi connectivity index (χ2v) is 4.18. The zero-order valence-electron chi connectivity index (χ0n) is 9.05. The van der Waals surface area contributed by atoms with Crippen LogP contribution in [0.1, 0.15) is 20.8 Å². The lowest BCUT2D eigenvalue weighted by molar-refractivity contribution is 0.101. The average molecular weight is 199 g/mol. The molecule has 0 fully saturated rings. The summed E-state index contributed by atoms with van der Waals surface area (Å²) in [6, 6.07) is -0.250. The van der Waals surface area contributed by atoms with Crippen molar-refractivity contribution in [3.8, 4) is 0 Å². The van der Waals surface area contributed by atoms with Gasteiger partial charge in [0.2, 0.25) is 0 Å². The van der Waals surface area contributed by atoms with Crippen LogP contribution >= 0.6 is 0 Å². The molecule has 5 heteroatoms. The van der Waals surface area contributed by atoms with E-state index in [0.717, 1.165) is 5.76 Å². The molecule has 14 heavy (non-hydrogen) atoms. The van der Waals surface area contributed by atoms with Gasteiger partial charge < -0.3 is 10.1 Å². The summed E-state index contributed by atoms with van der Waals surface area (Å²) < 4.78 is 5.42. The summed E-state index contributed by atoms with van der Waals surface area (Å²) >= 11 is 0. The average Bonchev–Trinajstić information content (AvgIpc) is 2.51. The van der Waals surface area contributed by atoms with Crippen molar-refractivity contribution in [3.05, 3.63) is 12.0 Å². The normalized spacial score (nSPS) is 16.0. The van der Waals surface area contributed by atoms with Crippen molar-refractivity contribution in [2.24, 2.45) is 5.41 Å². The lowest BCUT2D eigenvalue weighted by Crippen LogP contribution is -2.42. The van der Waals surface area contributed by atoms with Crippen molar-refractivity contribution in [1.29, 1.82) is 0 Å². The van der Waals surface area contributed by atoms with Crippen LogP contribution < -0.4 is 10.7 Å². The van der Waals surface area contributed by atoms with E-state index in [1.165, 1.54) is 0 Å². The molecule has 1 aliphatic heterocycles. The fraction of sp³-hybridized carbons (Fsp3) is 0.667. The lowest BCUT2D eigenvalue weighted by atomic mass is 9.95. The molecule has 5 nitrogen and oxygen atoms in total. The molecule has 0 spiro atoms. The van der Waals surface area contributed by atoms with Crippen LogP contribution in [0.25, 0.3) is 0 Å². The molecule has 0 bridgehead atoms. The van der Waals surface area contributed by atoms with Crippen LogP contribution in [-0.2, 0) is 4.74 Å². The molecule has 1 heterocycles. The highest BCUT2D eigenvalue weighted by Gasteiger charge is 2.25. The molecule has 0 saturated carbocycles. The number of carbonyl (C=O) groups excluding carboxylic acids is 1. The maximum absolute atomic E-state index is 11.0. The number of nitrogens with zero attached hydrogens (tertiary/aromatic N) is 1. The number of amides is 2. The molecule has 0 aromatic heterocycles. The van der Waals surface area contributed by atoms with Gasteiger partial charge in [0.25, 0.3) is 0 Å². The van der Waals surface area contributed by atoms with Crippen LogP contribution in [0.2, 0.25) is 0 Å². The van der Waals surface area contributed by atoms with Gasteiger partial charge in [0.05, 0.1) is 6.20 Å². The number of allylic oxidation sites excluding steroid dienone is 1. The zero-order chi connectivity index (χ0) is 10.8. The molecule has 0 saturated heterocycles. The second-order valence-electron chi connectivity index (χ2n) is 4.18. The minimum absolute atomic E-state index is 0.0286. The topological polar surface area (TPSA) is 53.6 Å². The van der Waals surface area contributed by atoms with Crippen LogP contribution in [-0.4, -0.2) is 24.8 Å². The third kappa shape index (κ3) is 2.55. The molecule has 0 aromatic rings. The minimum Gasteiger partial charge on any atom is -0.474 e. The monoisotopic (exact) mass is 199 g/mol. The van der Waals surface area contributed by atoms with E-state index >= 15 is 0 Å². The van der Waals surface area contributed by atoms with Crippen LogP contribution in [0.4, 0.5) is 4.79 Å². The second kappa shape index (κ2) is 3.77. The molecule has 2 amide bonds. The van der Waals surface area contributed by atoms with Gasteiger partial charge >= 0.3 is 6.03 Å². The van der Waals surface area contributed by atoms with Crippen LogP contribution in [0.15, 0.2) is 12.0 Å². The maximum atomic E-state index is 11.0. The van der Waals surface area contributed by atoms with Gasteiger partial charge in [-0.2, -0.15) is 0 Å². The fourth-order valence-corrected chi connectivity index (χ4v) is 1.02. The first-order valence-corrected chi connectivity index (χ1v) is 4.53. The van der Waals surface area contributed by atoms with Gasteiger partial charge in [-0.05, 0) is 0 Å². The van der Waals surface area contributed by atoms with E-state index in [-0.39, 0.29) is 11.4 Å². The number of nitrogens with one attached hydrogen (secondary N) is 2. The van der Waals surface area contributed by atoms with Crippen LogP contribution in [0.3, 0.4) is 0 Å². The van der Waals surface area contributed by atoms with Crippen molar-refractivity contribution < 1.29 is 9.53 Å². The SMILES string of the molecule is CNC(=O)NN1C=C(C(C)(C)C)OC1. The summed E-state index contributed by atoms with van der Waals surface area (Å²) in [5, 5.41) is 4.08. The van der Waals surface area contributed by atoms with E-state index in [9.17, 15) is 4.79 Å². The molecule has 0 aliphatic carbocycles. The van der Waals surface area contributed by atoms with Crippen molar-refractivity contribution in [3.63, 3.8) is 0 Å². The quantitative estimate of drug-likeness (QED) is 0.662. The Morgan fingerprint density at radius 1 is 1.57 bits per heavy atom. The van der Waals surface area contributed by atoms with Crippen molar-refractivity contribution in [1.82, 2.24) is 15.8 Å². The van der Waals surface area contributed by atoms with Gasteiger partial charge in [-0.1, -0.05) is 20.8 Å². The summed E-state index contributed by atoms with van der Waals surface area (Å²) in [5.41, 5.74) is 2.58. The highest BCUT2D eigenvalue weighted by atomic mass is 16.5. The van der Waals surface area contributed by atoms with Gasteiger partial charge in [-0.3, -0.25) is 5.01 Å². The molecule has 0 atom stereocenters. The molecular weight excluding hydrogens is 182 g/mol. The van der Waals surface area contributed by atoms with E-state index in [2.05, 4.69) is 31.5 Å². The minimum atomic E-state index is -0.250. The highest BCUT2D eigenvalue weighted by molar-refractivity contribution is 5.72. The Bertz CT molecular complexity index is 255. The first-order chi connectivity index (χ1) is 6.43. The predicted molar refractivity (Wildman–Crippen MR) is 52.9 cm³/mol. The molecule has 2 N–H and O–H groups in total. The Kier molecular flexibility index (Phi) is 2.88. The van der Waals surface area contributed by atoms with E-state index in [1.54, 1.807) is 18.3 Å². The van der Waals surface area contributed by atoms with Crippen LogP contribution in [0.5, 0.6) is 0 Å². The fourth-order valence-electron chi connectivity index (χ4n) is 1.02. The molecule has 80 valence electrons. The first kappa shape index (κ1) is 10.7. The van der Waals surface area contributed by atoms with Crippen molar-refractivity contribution >= 4 is 6.03 Å². The lowest BCUT2D eigenvalue weighted by Gasteiger charge is -2.17. The number of urea groups is 1. The van der Waals surface area contributed by atoms with Gasteiger partial charge in [0.15, 0.2) is 6.73 Å². The van der Waals surface area contributed by atoms with Crippen molar-refractivity contribution in [2.45, 2.75) is 20.8 Å². The molecule has 0 aromatic carbocycles. The van der Waals surface area contributed by atoms with Crippen molar-refractivity contribution in [2.75, 3.05) is 13.8 Å². The van der Waals surface area contributed by atoms with E-state index < -0.39 is 0 Å². The summed E-state index contributed by atoms with van der Waals surface area (Å²) in [6.07, 6.45) is 1.80. The Labute approximate surface area is 84.1 Å². The molecule has 0 radical (unpaired) electrons. The first-order valence-electron chi connectivity index (χ1n) is 4.53. The summed E-state index contributed by atoms with van der Waals surface area (Å²) in [5.74, 6) is 0.869. The van der Waals surface area contributed by atoms with Gasteiger partial charge in [0.1, 0.15) is 5.76 Å². The Balaban J connectivity index is 2.54. The maximum Gasteiger partial charge on any atom is 0.333 e. The third-order valence-electron chi connectivity index (χ3n) is 1.84. The number of ether oxygens (including phenoxy) is 1. The van der Waals surface area contributed by atoms with E-state index in [0.29, 0.717) is 6.73 Å². The molecular formula is C9H17N3O2. The number of hydrazine groups is 1. The highest BCUT2D eigenvalue weighted by Crippen LogP contribution is 2.29. The smallest absolute Gasteiger partial charge is 0.333 e.